The Morgan fingerprint density at radius 2 is 1.93 bits per heavy atom. The van der Waals surface area contributed by atoms with Crippen molar-refractivity contribution in [2.45, 2.75) is 37.3 Å². The first kappa shape index (κ1) is 19.1. The van der Waals surface area contributed by atoms with Crippen molar-refractivity contribution in [3.63, 3.8) is 0 Å². The lowest BCUT2D eigenvalue weighted by Gasteiger charge is -2.33. The summed E-state index contributed by atoms with van der Waals surface area (Å²) < 4.78 is 15.5. The minimum absolute atomic E-state index is 0.133. The van der Waals surface area contributed by atoms with Crippen LogP contribution in [-0.4, -0.2) is 37.3 Å². The van der Waals surface area contributed by atoms with Gasteiger partial charge in [-0.3, -0.25) is 0 Å². The van der Waals surface area contributed by atoms with Crippen molar-refractivity contribution in [3.8, 4) is 35.0 Å². The maximum Gasteiger partial charge on any atom is 0.222 e. The van der Waals surface area contributed by atoms with Crippen LogP contribution in [-0.2, 0) is 0 Å². The van der Waals surface area contributed by atoms with E-state index in [1.165, 1.54) is 12.1 Å². The third-order valence-electron chi connectivity index (χ3n) is 5.48. The molecule has 7 heteroatoms. The van der Waals surface area contributed by atoms with E-state index in [2.05, 4.69) is 30.8 Å². The summed E-state index contributed by atoms with van der Waals surface area (Å²) in [5, 5.41) is 13.3. The zero-order valence-electron chi connectivity index (χ0n) is 16.1. The normalized spacial score (nSPS) is 21.5. The standard InChI is InChI=1S/C22H22FN5O/c1-3-22(29)11-8-17(9-12-22)28-14-26-19(15-4-6-16(23)7-5-15)20(28)18-10-13-25-21(24-2)27-18/h1,4-7,10,13-14,17,29H,8-9,11-12H2,2H3,(H,24,25,27). The van der Waals surface area contributed by atoms with E-state index in [1.54, 1.807) is 31.7 Å². The number of terminal acetylenes is 1. The van der Waals surface area contributed by atoms with Crippen LogP contribution in [0.25, 0.3) is 22.6 Å². The molecule has 0 spiro atoms. The number of hydrogen-bond acceptors (Lipinski definition) is 5. The zero-order valence-corrected chi connectivity index (χ0v) is 16.1. The highest BCUT2D eigenvalue weighted by Gasteiger charge is 2.33. The fraction of sp³-hybridized carbons (Fsp3) is 0.318. The molecule has 1 aromatic carbocycles. The van der Waals surface area contributed by atoms with Gasteiger partial charge in [-0.2, -0.15) is 0 Å². The van der Waals surface area contributed by atoms with Crippen molar-refractivity contribution < 1.29 is 9.50 Å². The van der Waals surface area contributed by atoms with Crippen LogP contribution in [0.15, 0.2) is 42.9 Å². The van der Waals surface area contributed by atoms with Gasteiger partial charge in [0.05, 0.1) is 23.4 Å². The molecular formula is C22H22FN5O. The Bertz CT molecular complexity index is 1050. The second kappa shape index (κ2) is 7.64. The van der Waals surface area contributed by atoms with Crippen LogP contribution in [0.1, 0.15) is 31.7 Å². The Kier molecular flexibility index (Phi) is 5.03. The van der Waals surface area contributed by atoms with E-state index in [-0.39, 0.29) is 11.9 Å². The number of imidazole rings is 1. The first-order valence-electron chi connectivity index (χ1n) is 9.57. The predicted molar refractivity (Wildman–Crippen MR) is 109 cm³/mol. The second-order valence-corrected chi connectivity index (χ2v) is 7.28. The van der Waals surface area contributed by atoms with Gasteiger partial charge >= 0.3 is 0 Å². The molecule has 3 aromatic rings. The molecule has 148 valence electrons. The van der Waals surface area contributed by atoms with E-state index in [9.17, 15) is 9.50 Å². The van der Waals surface area contributed by atoms with Gasteiger partial charge in [0, 0.05) is 24.8 Å². The number of aromatic nitrogens is 4. The SMILES string of the molecule is C#CC1(O)CCC(n2cnc(-c3ccc(F)cc3)c2-c2ccnc(NC)n2)CC1. The number of benzene rings is 1. The Hall–Kier alpha value is -3.24. The fourth-order valence-electron chi connectivity index (χ4n) is 3.82. The molecule has 0 aliphatic heterocycles. The van der Waals surface area contributed by atoms with Gasteiger partial charge < -0.3 is 15.0 Å². The highest BCUT2D eigenvalue weighted by molar-refractivity contribution is 5.77. The number of halogens is 1. The van der Waals surface area contributed by atoms with Crippen molar-refractivity contribution in [1.29, 1.82) is 0 Å². The monoisotopic (exact) mass is 391 g/mol. The van der Waals surface area contributed by atoms with Crippen LogP contribution in [0.2, 0.25) is 0 Å². The van der Waals surface area contributed by atoms with Crippen molar-refractivity contribution in [2.24, 2.45) is 0 Å². The van der Waals surface area contributed by atoms with Gasteiger partial charge in [-0.05, 0) is 56.0 Å². The minimum atomic E-state index is -1.04. The summed E-state index contributed by atoms with van der Waals surface area (Å²) in [6.07, 6.45) is 11.5. The molecule has 2 aromatic heterocycles. The first-order chi connectivity index (χ1) is 14.0. The molecule has 2 heterocycles. The Morgan fingerprint density at radius 3 is 2.59 bits per heavy atom. The highest BCUT2D eigenvalue weighted by Crippen LogP contribution is 2.39. The molecule has 1 fully saturated rings. The van der Waals surface area contributed by atoms with E-state index in [1.807, 2.05) is 6.07 Å². The van der Waals surface area contributed by atoms with E-state index in [0.717, 1.165) is 35.5 Å². The van der Waals surface area contributed by atoms with Gasteiger partial charge in [0.25, 0.3) is 0 Å². The van der Waals surface area contributed by atoms with Crippen molar-refractivity contribution in [3.05, 3.63) is 48.7 Å². The van der Waals surface area contributed by atoms with Crippen molar-refractivity contribution in [1.82, 2.24) is 19.5 Å². The van der Waals surface area contributed by atoms with Gasteiger partial charge in [-0.25, -0.2) is 19.3 Å². The number of nitrogens with zero attached hydrogens (tertiary/aromatic N) is 4. The summed E-state index contributed by atoms with van der Waals surface area (Å²) in [4.78, 5) is 13.4. The van der Waals surface area contributed by atoms with Gasteiger partial charge in [0.1, 0.15) is 11.4 Å². The molecule has 0 unspecified atom stereocenters. The summed E-state index contributed by atoms with van der Waals surface area (Å²) in [6.45, 7) is 0. The highest BCUT2D eigenvalue weighted by atomic mass is 19.1. The number of aliphatic hydroxyl groups is 1. The second-order valence-electron chi connectivity index (χ2n) is 7.28. The molecule has 0 saturated heterocycles. The van der Waals surface area contributed by atoms with Crippen LogP contribution < -0.4 is 5.32 Å². The molecular weight excluding hydrogens is 369 g/mol. The van der Waals surface area contributed by atoms with Crippen molar-refractivity contribution in [2.75, 3.05) is 12.4 Å². The van der Waals surface area contributed by atoms with Crippen molar-refractivity contribution >= 4 is 5.95 Å². The van der Waals surface area contributed by atoms with E-state index in [0.29, 0.717) is 18.8 Å². The summed E-state index contributed by atoms with van der Waals surface area (Å²) in [6, 6.07) is 8.23. The largest absolute Gasteiger partial charge is 0.378 e. The molecule has 0 atom stereocenters. The molecule has 29 heavy (non-hydrogen) atoms. The van der Waals surface area contributed by atoms with E-state index in [4.69, 9.17) is 6.42 Å². The molecule has 0 amide bonds. The van der Waals surface area contributed by atoms with E-state index >= 15 is 0 Å². The molecule has 2 N–H and O–H groups in total. The van der Waals surface area contributed by atoms with Crippen LogP contribution in [0.3, 0.4) is 0 Å². The third kappa shape index (κ3) is 3.71. The summed E-state index contributed by atoms with van der Waals surface area (Å²) in [5.74, 6) is 2.73. The van der Waals surface area contributed by atoms with E-state index < -0.39 is 5.60 Å². The van der Waals surface area contributed by atoms with Crippen LogP contribution in [0.4, 0.5) is 10.3 Å². The molecule has 1 aliphatic carbocycles. The Balaban J connectivity index is 1.80. The fourth-order valence-corrected chi connectivity index (χ4v) is 3.82. The van der Waals surface area contributed by atoms with Crippen LogP contribution >= 0.6 is 0 Å². The Labute approximate surface area is 168 Å². The smallest absolute Gasteiger partial charge is 0.222 e. The van der Waals surface area contributed by atoms with Crippen LogP contribution in [0, 0.1) is 18.2 Å². The molecule has 1 aliphatic rings. The summed E-state index contributed by atoms with van der Waals surface area (Å²) in [5.41, 5.74) is 2.06. The molecule has 0 bridgehead atoms. The topological polar surface area (TPSA) is 75.9 Å². The van der Waals surface area contributed by atoms with Gasteiger partial charge in [0.15, 0.2) is 0 Å². The number of nitrogens with one attached hydrogen (secondary N) is 1. The van der Waals surface area contributed by atoms with Gasteiger partial charge in [-0.15, -0.1) is 6.42 Å². The lowest BCUT2D eigenvalue weighted by atomic mass is 9.82. The van der Waals surface area contributed by atoms with Gasteiger partial charge in [0.2, 0.25) is 5.95 Å². The number of hydrogen-bond donors (Lipinski definition) is 2. The van der Waals surface area contributed by atoms with Gasteiger partial charge in [-0.1, -0.05) is 5.92 Å². The Morgan fingerprint density at radius 1 is 1.21 bits per heavy atom. The molecule has 1 saturated carbocycles. The summed E-state index contributed by atoms with van der Waals surface area (Å²) >= 11 is 0. The maximum absolute atomic E-state index is 13.4. The first-order valence-corrected chi connectivity index (χ1v) is 9.57. The lowest BCUT2D eigenvalue weighted by Crippen LogP contribution is -2.33. The average Bonchev–Trinajstić information content (AvgIpc) is 3.20. The molecule has 4 rings (SSSR count). The lowest BCUT2D eigenvalue weighted by molar-refractivity contribution is 0.0465. The maximum atomic E-state index is 13.4. The predicted octanol–water partition coefficient (Wildman–Crippen LogP) is 3.67. The van der Waals surface area contributed by atoms with Crippen LogP contribution in [0.5, 0.6) is 0 Å². The summed E-state index contributed by atoms with van der Waals surface area (Å²) in [7, 11) is 1.76. The number of rotatable bonds is 4. The zero-order chi connectivity index (χ0) is 20.4. The molecule has 0 radical (unpaired) electrons. The average molecular weight is 391 g/mol. The molecule has 6 nitrogen and oxygen atoms in total. The minimum Gasteiger partial charge on any atom is -0.378 e. The quantitative estimate of drug-likeness (QED) is 0.664. The number of anilines is 1. The third-order valence-corrected chi connectivity index (χ3v) is 5.48.